The fraction of sp³-hybridized carbons (Fsp3) is 0.143. The Balaban J connectivity index is 1.79. The quantitative estimate of drug-likeness (QED) is 0.359. The molecular weight excluding hydrogens is 513 g/mol. The molecule has 152 valence electrons. The maximum absolute atomic E-state index is 12.9. The Morgan fingerprint density at radius 1 is 1.23 bits per heavy atom. The highest BCUT2D eigenvalue weighted by Crippen LogP contribution is 2.27. The second kappa shape index (κ2) is 8.92. The van der Waals surface area contributed by atoms with Gasteiger partial charge in [-0.05, 0) is 52.6 Å². The van der Waals surface area contributed by atoms with Gasteiger partial charge in [0.15, 0.2) is 0 Å². The number of hydrogen-bond donors (Lipinski definition) is 2. The minimum atomic E-state index is -0.258. The van der Waals surface area contributed by atoms with Crippen LogP contribution in [0.1, 0.15) is 29.4 Å². The normalized spacial score (nSPS) is 10.9. The van der Waals surface area contributed by atoms with Gasteiger partial charge in [0.2, 0.25) is 5.95 Å². The molecule has 1 amide bonds. The number of halogens is 1. The Morgan fingerprint density at radius 3 is 2.80 bits per heavy atom. The highest BCUT2D eigenvalue weighted by molar-refractivity contribution is 14.1. The topological polar surface area (TPSA) is 92.7 Å². The van der Waals surface area contributed by atoms with E-state index in [1.807, 2.05) is 42.6 Å². The first-order chi connectivity index (χ1) is 14.5. The van der Waals surface area contributed by atoms with E-state index in [1.54, 1.807) is 23.5 Å². The van der Waals surface area contributed by atoms with Crippen molar-refractivity contribution >= 4 is 45.7 Å². The van der Waals surface area contributed by atoms with E-state index in [2.05, 4.69) is 43.0 Å². The molecule has 3 aromatic heterocycles. The van der Waals surface area contributed by atoms with Gasteiger partial charge in [0, 0.05) is 21.4 Å². The fourth-order valence-electron chi connectivity index (χ4n) is 2.98. The van der Waals surface area contributed by atoms with E-state index in [0.29, 0.717) is 29.2 Å². The average Bonchev–Trinajstić information content (AvgIpc) is 3.38. The molecule has 4 aromatic rings. The van der Waals surface area contributed by atoms with Gasteiger partial charge in [-0.15, -0.1) is 11.3 Å². The number of thiophene rings is 1. The van der Waals surface area contributed by atoms with Crippen molar-refractivity contribution in [2.75, 3.05) is 5.32 Å². The Hall–Kier alpha value is -2.79. The summed E-state index contributed by atoms with van der Waals surface area (Å²) >= 11 is 3.67. The first-order valence-electron chi connectivity index (χ1n) is 9.35. The number of benzene rings is 1. The van der Waals surface area contributed by atoms with Crippen LogP contribution in [0, 0.1) is 3.57 Å². The average molecular weight is 531 g/mol. The Labute approximate surface area is 190 Å². The Kier molecular flexibility index (Phi) is 6.09. The molecule has 0 aliphatic rings. The van der Waals surface area contributed by atoms with E-state index in [-0.39, 0.29) is 17.4 Å². The Bertz CT molecular complexity index is 1250. The van der Waals surface area contributed by atoms with Gasteiger partial charge >= 0.3 is 0 Å². The number of aryl methyl sites for hydroxylation is 1. The highest BCUT2D eigenvalue weighted by Gasteiger charge is 2.18. The molecule has 1 aromatic carbocycles. The van der Waals surface area contributed by atoms with Gasteiger partial charge in [-0.3, -0.25) is 14.6 Å². The van der Waals surface area contributed by atoms with Gasteiger partial charge in [-0.25, -0.2) is 4.98 Å². The van der Waals surface area contributed by atoms with Crippen molar-refractivity contribution in [1.82, 2.24) is 19.7 Å². The van der Waals surface area contributed by atoms with Gasteiger partial charge in [0.05, 0.1) is 10.4 Å². The molecule has 3 heterocycles. The maximum atomic E-state index is 12.9. The molecule has 0 fully saturated rings. The largest absolute Gasteiger partial charge is 0.306 e. The van der Waals surface area contributed by atoms with Crippen LogP contribution < -0.4 is 10.9 Å². The van der Waals surface area contributed by atoms with E-state index in [0.717, 1.165) is 14.9 Å². The van der Waals surface area contributed by atoms with E-state index >= 15 is 0 Å². The van der Waals surface area contributed by atoms with Crippen LogP contribution in [-0.2, 0) is 6.42 Å². The molecule has 30 heavy (non-hydrogen) atoms. The fourth-order valence-corrected chi connectivity index (χ4v) is 4.30. The lowest BCUT2D eigenvalue weighted by molar-refractivity contribution is 0.102. The van der Waals surface area contributed by atoms with E-state index in [1.165, 1.54) is 10.7 Å². The molecule has 0 bridgehead atoms. The summed E-state index contributed by atoms with van der Waals surface area (Å²) < 4.78 is 2.32. The van der Waals surface area contributed by atoms with Crippen LogP contribution >= 0.6 is 33.9 Å². The number of H-pyrrole nitrogens is 1. The molecule has 9 heteroatoms. The number of nitrogens with one attached hydrogen (secondary N) is 2. The molecular formula is C21H18IN5O2S. The number of aromatic amines is 1. The number of hydrogen-bond acceptors (Lipinski definition) is 5. The number of carbonyl (C=O) groups excluding carboxylic acids is 1. The number of carbonyl (C=O) groups is 1. The summed E-state index contributed by atoms with van der Waals surface area (Å²) in [5, 5.41) is 9.49. The van der Waals surface area contributed by atoms with Crippen molar-refractivity contribution in [1.29, 1.82) is 0 Å². The molecule has 0 aliphatic heterocycles. The SMILES string of the molecule is CCCc1cc(=O)[nH]c(-n2nc(-c3cccs3)cc2NC(=O)c2ccccc2I)n1. The van der Waals surface area contributed by atoms with E-state index in [4.69, 9.17) is 0 Å². The molecule has 7 nitrogen and oxygen atoms in total. The van der Waals surface area contributed by atoms with Crippen molar-refractivity contribution in [3.05, 3.63) is 79.1 Å². The molecule has 0 spiro atoms. The van der Waals surface area contributed by atoms with Crippen LogP contribution in [0.5, 0.6) is 0 Å². The molecule has 0 atom stereocenters. The highest BCUT2D eigenvalue weighted by atomic mass is 127. The summed E-state index contributed by atoms with van der Waals surface area (Å²) in [6.45, 7) is 2.03. The van der Waals surface area contributed by atoms with Gasteiger partial charge in [-0.2, -0.15) is 9.78 Å². The molecule has 0 saturated carbocycles. The van der Waals surface area contributed by atoms with Crippen LogP contribution in [0.25, 0.3) is 16.5 Å². The molecule has 0 unspecified atom stereocenters. The Morgan fingerprint density at radius 2 is 2.07 bits per heavy atom. The van der Waals surface area contributed by atoms with Crippen molar-refractivity contribution in [3.63, 3.8) is 0 Å². The second-order valence-corrected chi connectivity index (χ2v) is 8.66. The van der Waals surface area contributed by atoms with Crippen molar-refractivity contribution in [3.8, 4) is 16.5 Å². The van der Waals surface area contributed by atoms with Gasteiger partial charge in [0.1, 0.15) is 11.5 Å². The first kappa shape index (κ1) is 20.5. The first-order valence-corrected chi connectivity index (χ1v) is 11.3. The van der Waals surface area contributed by atoms with E-state index < -0.39 is 0 Å². The van der Waals surface area contributed by atoms with E-state index in [9.17, 15) is 9.59 Å². The van der Waals surface area contributed by atoms with Crippen molar-refractivity contribution < 1.29 is 4.79 Å². The molecule has 0 aliphatic carbocycles. The predicted octanol–water partition coefficient (Wildman–Crippen LogP) is 4.49. The standard InChI is InChI=1S/C21H18IN5O2S/c1-2-6-13-11-19(28)25-21(23-13)27-18(12-16(26-27)17-9-5-10-30-17)24-20(29)14-7-3-4-8-15(14)22/h3-5,7-12H,2,6H2,1H3,(H,24,29)(H,23,25,28). The van der Waals surface area contributed by atoms with Crippen molar-refractivity contribution in [2.24, 2.45) is 0 Å². The zero-order valence-corrected chi connectivity index (χ0v) is 19.0. The van der Waals surface area contributed by atoms with Crippen LogP contribution in [0.15, 0.2) is 58.7 Å². The number of nitrogens with zero attached hydrogens (tertiary/aromatic N) is 3. The molecule has 0 radical (unpaired) electrons. The number of anilines is 1. The van der Waals surface area contributed by atoms with Gasteiger partial charge < -0.3 is 5.32 Å². The zero-order chi connectivity index (χ0) is 21.1. The summed E-state index contributed by atoms with van der Waals surface area (Å²) in [7, 11) is 0. The second-order valence-electron chi connectivity index (χ2n) is 6.55. The number of aromatic nitrogens is 4. The zero-order valence-electron chi connectivity index (χ0n) is 16.1. The minimum Gasteiger partial charge on any atom is -0.306 e. The summed E-state index contributed by atoms with van der Waals surface area (Å²) in [5.41, 5.74) is 1.67. The summed E-state index contributed by atoms with van der Waals surface area (Å²) in [4.78, 5) is 33.3. The summed E-state index contributed by atoms with van der Waals surface area (Å²) in [5.74, 6) is 0.442. The number of amides is 1. The van der Waals surface area contributed by atoms with Crippen LogP contribution in [-0.4, -0.2) is 25.7 Å². The van der Waals surface area contributed by atoms with Crippen LogP contribution in [0.3, 0.4) is 0 Å². The minimum absolute atomic E-state index is 0.258. The van der Waals surface area contributed by atoms with Crippen LogP contribution in [0.4, 0.5) is 5.82 Å². The smallest absolute Gasteiger partial charge is 0.257 e. The third-order valence-electron chi connectivity index (χ3n) is 4.33. The third-order valence-corrected chi connectivity index (χ3v) is 6.17. The van der Waals surface area contributed by atoms with Crippen LogP contribution in [0.2, 0.25) is 0 Å². The van der Waals surface area contributed by atoms with Gasteiger partial charge in [-0.1, -0.05) is 31.5 Å². The summed E-state index contributed by atoms with van der Waals surface area (Å²) in [6.07, 6.45) is 1.55. The monoisotopic (exact) mass is 531 g/mol. The lowest BCUT2D eigenvalue weighted by atomic mass is 10.2. The maximum Gasteiger partial charge on any atom is 0.257 e. The molecule has 0 saturated heterocycles. The predicted molar refractivity (Wildman–Crippen MR) is 126 cm³/mol. The number of rotatable bonds is 6. The third kappa shape index (κ3) is 4.36. The summed E-state index contributed by atoms with van der Waals surface area (Å²) in [6, 6.07) is 14.5. The lowest BCUT2D eigenvalue weighted by Gasteiger charge is -2.09. The van der Waals surface area contributed by atoms with Gasteiger partial charge in [0.25, 0.3) is 11.5 Å². The van der Waals surface area contributed by atoms with Crippen molar-refractivity contribution in [2.45, 2.75) is 19.8 Å². The molecule has 4 rings (SSSR count). The molecule has 2 N–H and O–H groups in total. The lowest BCUT2D eigenvalue weighted by Crippen LogP contribution is -2.19.